The summed E-state index contributed by atoms with van der Waals surface area (Å²) in [7, 11) is 0. The zero-order valence-corrected chi connectivity index (χ0v) is 6.66. The van der Waals surface area contributed by atoms with Gasteiger partial charge in [0, 0.05) is 0 Å². The molecule has 1 heterocycles. The van der Waals surface area contributed by atoms with Crippen molar-refractivity contribution < 1.29 is 5.11 Å². The second-order valence-corrected chi connectivity index (χ2v) is 3.96. The molecule has 0 saturated carbocycles. The van der Waals surface area contributed by atoms with Crippen LogP contribution in [-0.2, 0) is 0 Å². The third-order valence-electron chi connectivity index (χ3n) is 1.70. The van der Waals surface area contributed by atoms with E-state index in [4.69, 9.17) is 5.11 Å². The molecule has 0 aromatic carbocycles. The molecule has 0 aromatic rings. The lowest BCUT2D eigenvalue weighted by Crippen LogP contribution is -2.08. The van der Waals surface area contributed by atoms with Crippen LogP contribution < -0.4 is 0 Å². The summed E-state index contributed by atoms with van der Waals surface area (Å²) < 4.78 is 0. The first-order chi connectivity index (χ1) is 4.29. The van der Waals surface area contributed by atoms with E-state index in [1.54, 1.807) is 0 Å². The van der Waals surface area contributed by atoms with Gasteiger partial charge in [0.15, 0.2) is 0 Å². The van der Waals surface area contributed by atoms with Crippen LogP contribution in [0.5, 0.6) is 0 Å². The van der Waals surface area contributed by atoms with Gasteiger partial charge in [-0.15, -0.1) is 0 Å². The van der Waals surface area contributed by atoms with E-state index in [9.17, 15) is 0 Å². The quantitative estimate of drug-likeness (QED) is 0.637. The fourth-order valence-electron chi connectivity index (χ4n) is 1.25. The predicted octanol–water partition coefficient (Wildman–Crippen LogP) is 1.51. The minimum Gasteiger partial charge on any atom is -0.393 e. The summed E-state index contributed by atoms with van der Waals surface area (Å²) >= 11 is 2.01. The summed E-state index contributed by atoms with van der Waals surface area (Å²) in [5.74, 6) is 3.37. The molecule has 0 radical (unpaired) electrons. The van der Waals surface area contributed by atoms with Crippen LogP contribution in [0.2, 0.25) is 0 Å². The van der Waals surface area contributed by atoms with E-state index in [0.29, 0.717) is 0 Å². The van der Waals surface area contributed by atoms with E-state index in [1.807, 2.05) is 18.7 Å². The second kappa shape index (κ2) is 3.47. The molecule has 1 saturated heterocycles. The highest BCUT2D eigenvalue weighted by Gasteiger charge is 2.16. The molecule has 1 rings (SSSR count). The molecule has 0 amide bonds. The average molecular weight is 146 g/mol. The van der Waals surface area contributed by atoms with Crippen LogP contribution in [0.3, 0.4) is 0 Å². The minimum atomic E-state index is -0.0892. The van der Waals surface area contributed by atoms with Gasteiger partial charge in [0.05, 0.1) is 6.10 Å². The Morgan fingerprint density at radius 2 is 2.56 bits per heavy atom. The van der Waals surface area contributed by atoms with E-state index < -0.39 is 0 Å². The number of thioether (sulfide) groups is 1. The standard InChI is InChI=1S/C7H14OS/c1-6(8)4-7-2-3-9-5-7/h6-8H,2-5H2,1H3/t6-,7?/m0/s1. The molecular formula is C7H14OS. The van der Waals surface area contributed by atoms with E-state index in [0.717, 1.165) is 12.3 Å². The first-order valence-corrected chi connectivity index (χ1v) is 4.70. The Kier molecular flexibility index (Phi) is 2.86. The number of hydrogen-bond acceptors (Lipinski definition) is 2. The van der Waals surface area contributed by atoms with Crippen molar-refractivity contribution in [3.63, 3.8) is 0 Å². The van der Waals surface area contributed by atoms with Gasteiger partial charge in [0.1, 0.15) is 0 Å². The van der Waals surface area contributed by atoms with Gasteiger partial charge in [-0.1, -0.05) is 0 Å². The Morgan fingerprint density at radius 3 is 3.00 bits per heavy atom. The lowest BCUT2D eigenvalue weighted by molar-refractivity contribution is 0.165. The Hall–Kier alpha value is 0.310. The van der Waals surface area contributed by atoms with E-state index in [-0.39, 0.29) is 6.10 Å². The monoisotopic (exact) mass is 146 g/mol. The SMILES string of the molecule is C[C@H](O)CC1CCSC1. The normalized spacial score (nSPS) is 30.7. The van der Waals surface area contributed by atoms with Crippen molar-refractivity contribution in [1.82, 2.24) is 0 Å². The lowest BCUT2D eigenvalue weighted by Gasteiger charge is -2.08. The first kappa shape index (κ1) is 7.42. The molecule has 1 N–H and O–H groups in total. The maximum absolute atomic E-state index is 9.00. The summed E-state index contributed by atoms with van der Waals surface area (Å²) in [6, 6.07) is 0. The summed E-state index contributed by atoms with van der Waals surface area (Å²) in [5.41, 5.74) is 0. The average Bonchev–Trinajstić information content (AvgIpc) is 2.15. The molecule has 9 heavy (non-hydrogen) atoms. The molecule has 0 aromatic heterocycles. The van der Waals surface area contributed by atoms with Crippen LogP contribution in [0.25, 0.3) is 0 Å². The molecule has 1 nitrogen and oxygen atoms in total. The Balaban J connectivity index is 2.11. The molecule has 54 valence electrons. The number of aliphatic hydroxyl groups excluding tert-OH is 1. The minimum absolute atomic E-state index is 0.0892. The largest absolute Gasteiger partial charge is 0.393 e. The summed E-state index contributed by atoms with van der Waals surface area (Å²) in [5, 5.41) is 9.00. The fourth-order valence-corrected chi connectivity index (χ4v) is 2.55. The Bertz CT molecular complexity index is 77.0. The van der Waals surface area contributed by atoms with Crippen LogP contribution in [0.15, 0.2) is 0 Å². The molecule has 2 heteroatoms. The third kappa shape index (κ3) is 2.59. The van der Waals surface area contributed by atoms with E-state index in [1.165, 1.54) is 17.9 Å². The first-order valence-electron chi connectivity index (χ1n) is 3.55. The molecular weight excluding hydrogens is 132 g/mol. The maximum atomic E-state index is 9.00. The highest BCUT2D eigenvalue weighted by Crippen LogP contribution is 2.26. The van der Waals surface area contributed by atoms with E-state index in [2.05, 4.69) is 0 Å². The molecule has 1 unspecified atom stereocenters. The smallest absolute Gasteiger partial charge is 0.0515 e. The molecule has 1 aliphatic rings. The highest BCUT2D eigenvalue weighted by atomic mass is 32.2. The Labute approximate surface area is 60.8 Å². The molecule has 0 aliphatic carbocycles. The fraction of sp³-hybridized carbons (Fsp3) is 1.00. The zero-order valence-electron chi connectivity index (χ0n) is 5.84. The number of rotatable bonds is 2. The summed E-state index contributed by atoms with van der Waals surface area (Å²) in [6.07, 6.45) is 2.23. The Morgan fingerprint density at radius 1 is 1.78 bits per heavy atom. The van der Waals surface area contributed by atoms with Gasteiger partial charge in [-0.3, -0.25) is 0 Å². The van der Waals surface area contributed by atoms with Crippen molar-refractivity contribution in [3.05, 3.63) is 0 Å². The van der Waals surface area contributed by atoms with Gasteiger partial charge in [-0.25, -0.2) is 0 Å². The van der Waals surface area contributed by atoms with Crippen molar-refractivity contribution in [2.24, 2.45) is 5.92 Å². The second-order valence-electron chi connectivity index (χ2n) is 2.81. The topological polar surface area (TPSA) is 20.2 Å². The van der Waals surface area contributed by atoms with Gasteiger partial charge >= 0.3 is 0 Å². The predicted molar refractivity (Wildman–Crippen MR) is 41.7 cm³/mol. The maximum Gasteiger partial charge on any atom is 0.0515 e. The molecule has 0 spiro atoms. The molecule has 1 fully saturated rings. The van der Waals surface area contributed by atoms with Crippen molar-refractivity contribution in [3.8, 4) is 0 Å². The van der Waals surface area contributed by atoms with Gasteiger partial charge in [0.25, 0.3) is 0 Å². The van der Waals surface area contributed by atoms with Gasteiger partial charge < -0.3 is 5.11 Å². The van der Waals surface area contributed by atoms with Crippen LogP contribution in [0.4, 0.5) is 0 Å². The lowest BCUT2D eigenvalue weighted by atomic mass is 10.0. The van der Waals surface area contributed by atoms with Crippen molar-refractivity contribution in [2.45, 2.75) is 25.9 Å². The molecule has 2 atom stereocenters. The van der Waals surface area contributed by atoms with Crippen LogP contribution >= 0.6 is 11.8 Å². The molecule has 0 bridgehead atoms. The highest BCUT2D eigenvalue weighted by molar-refractivity contribution is 7.99. The third-order valence-corrected chi connectivity index (χ3v) is 2.93. The number of hydrogen-bond donors (Lipinski definition) is 1. The van der Waals surface area contributed by atoms with Gasteiger partial charge in [-0.2, -0.15) is 11.8 Å². The zero-order chi connectivity index (χ0) is 6.69. The number of aliphatic hydroxyl groups is 1. The van der Waals surface area contributed by atoms with Crippen molar-refractivity contribution >= 4 is 11.8 Å². The van der Waals surface area contributed by atoms with Gasteiger partial charge in [-0.05, 0) is 37.2 Å². The van der Waals surface area contributed by atoms with Crippen LogP contribution in [-0.4, -0.2) is 22.7 Å². The van der Waals surface area contributed by atoms with Crippen molar-refractivity contribution in [2.75, 3.05) is 11.5 Å². The van der Waals surface area contributed by atoms with Crippen LogP contribution in [0, 0.1) is 5.92 Å². The van der Waals surface area contributed by atoms with Crippen LogP contribution in [0.1, 0.15) is 19.8 Å². The van der Waals surface area contributed by atoms with Crippen molar-refractivity contribution in [1.29, 1.82) is 0 Å². The molecule has 1 aliphatic heterocycles. The van der Waals surface area contributed by atoms with E-state index >= 15 is 0 Å². The summed E-state index contributed by atoms with van der Waals surface area (Å²) in [6.45, 7) is 1.88. The summed E-state index contributed by atoms with van der Waals surface area (Å²) in [4.78, 5) is 0. The van der Waals surface area contributed by atoms with Gasteiger partial charge in [0.2, 0.25) is 0 Å².